The molecule has 2 saturated heterocycles. The van der Waals surface area contributed by atoms with Gasteiger partial charge in [0.25, 0.3) is 5.91 Å². The van der Waals surface area contributed by atoms with E-state index in [0.717, 1.165) is 13.0 Å². The van der Waals surface area contributed by atoms with E-state index in [9.17, 15) is 14.0 Å². The second kappa shape index (κ2) is 9.82. The Morgan fingerprint density at radius 1 is 1.36 bits per heavy atom. The number of nitrogens with one attached hydrogen (secondary N) is 2. The van der Waals surface area contributed by atoms with Crippen LogP contribution < -0.4 is 21.1 Å². The van der Waals surface area contributed by atoms with Gasteiger partial charge in [0.15, 0.2) is 11.5 Å². The first-order valence-electron chi connectivity index (χ1n) is 12.4. The van der Waals surface area contributed by atoms with Gasteiger partial charge in [-0.1, -0.05) is 11.6 Å². The number of likely N-dealkylation sites (tertiary alicyclic amines) is 1. The number of ether oxygens (including phenoxy) is 1. The Bertz CT molecular complexity index is 1590. The number of halogens is 2. The van der Waals surface area contributed by atoms with Crippen molar-refractivity contribution in [3.05, 3.63) is 53.4 Å². The predicted molar refractivity (Wildman–Crippen MR) is 141 cm³/mol. The van der Waals surface area contributed by atoms with Crippen molar-refractivity contribution in [1.29, 1.82) is 0 Å². The zero-order valence-corrected chi connectivity index (χ0v) is 21.6. The molecule has 3 aromatic heterocycles. The first kappa shape index (κ1) is 25.1. The second-order valence-corrected chi connectivity index (χ2v) is 9.97. The van der Waals surface area contributed by atoms with E-state index in [1.54, 1.807) is 24.4 Å². The predicted octanol–water partition coefficient (Wildman–Crippen LogP) is 2.35. The summed E-state index contributed by atoms with van der Waals surface area (Å²) in [5.74, 6) is -0.515. The van der Waals surface area contributed by atoms with Gasteiger partial charge >= 0.3 is 0 Å². The van der Waals surface area contributed by atoms with Crippen molar-refractivity contribution in [2.45, 2.75) is 38.3 Å². The van der Waals surface area contributed by atoms with Crippen molar-refractivity contribution in [3.63, 3.8) is 0 Å². The summed E-state index contributed by atoms with van der Waals surface area (Å²) in [7, 11) is 0. The van der Waals surface area contributed by atoms with Gasteiger partial charge in [-0.2, -0.15) is 5.10 Å². The minimum Gasteiger partial charge on any atom is -0.460 e. The van der Waals surface area contributed by atoms with Gasteiger partial charge in [0, 0.05) is 61.3 Å². The highest BCUT2D eigenvalue weighted by Gasteiger charge is 2.40. The molecule has 12 nitrogen and oxygen atoms in total. The Labute approximate surface area is 226 Å². The third kappa shape index (κ3) is 4.74. The SMILES string of the molecule is CC(F)Oc1ccc(Cl)cc1-c1nn(CC(=O)N2C[C@H]3C[C@@H]2CN3)cc1NC(=O)c1c(N)nn2cccnc12. The van der Waals surface area contributed by atoms with Crippen LogP contribution in [0.3, 0.4) is 0 Å². The van der Waals surface area contributed by atoms with Crippen LogP contribution in [0.25, 0.3) is 16.9 Å². The molecule has 0 aliphatic carbocycles. The van der Waals surface area contributed by atoms with Gasteiger partial charge in [0.05, 0.1) is 5.69 Å². The molecule has 1 unspecified atom stereocenters. The summed E-state index contributed by atoms with van der Waals surface area (Å²) in [5.41, 5.74) is 7.20. The van der Waals surface area contributed by atoms with Crippen molar-refractivity contribution in [3.8, 4) is 17.0 Å². The first-order chi connectivity index (χ1) is 18.8. The number of piperazine rings is 1. The molecule has 2 aliphatic heterocycles. The lowest BCUT2D eigenvalue weighted by Crippen LogP contribution is -2.47. The lowest BCUT2D eigenvalue weighted by atomic mass is 10.1. The van der Waals surface area contributed by atoms with E-state index >= 15 is 0 Å². The van der Waals surface area contributed by atoms with Crippen molar-refractivity contribution in [2.24, 2.45) is 0 Å². The van der Waals surface area contributed by atoms with Crippen LogP contribution in [0, 0.1) is 0 Å². The molecule has 0 radical (unpaired) electrons. The van der Waals surface area contributed by atoms with E-state index in [1.807, 2.05) is 4.90 Å². The maximum atomic E-state index is 13.9. The number of amides is 2. The lowest BCUT2D eigenvalue weighted by molar-refractivity contribution is -0.133. The molecule has 6 rings (SSSR count). The maximum Gasteiger partial charge on any atom is 0.263 e. The van der Waals surface area contributed by atoms with E-state index in [2.05, 4.69) is 25.8 Å². The summed E-state index contributed by atoms with van der Waals surface area (Å²) in [4.78, 5) is 32.6. The summed E-state index contributed by atoms with van der Waals surface area (Å²) < 4.78 is 22.1. The van der Waals surface area contributed by atoms with Crippen molar-refractivity contribution in [2.75, 3.05) is 24.1 Å². The van der Waals surface area contributed by atoms with E-state index in [1.165, 1.54) is 34.6 Å². The highest BCUT2D eigenvalue weighted by Crippen LogP contribution is 2.37. The van der Waals surface area contributed by atoms with Gasteiger partial charge in [-0.15, -0.1) is 5.10 Å². The van der Waals surface area contributed by atoms with E-state index in [0.29, 0.717) is 23.2 Å². The Hall–Kier alpha value is -4.23. The number of carbonyl (C=O) groups is 2. The number of hydrogen-bond donors (Lipinski definition) is 3. The quantitative estimate of drug-likeness (QED) is 0.316. The average Bonchev–Trinajstić information content (AvgIpc) is 3.67. The zero-order chi connectivity index (χ0) is 27.3. The fraction of sp³-hybridized carbons (Fsp3) is 0.320. The van der Waals surface area contributed by atoms with E-state index in [-0.39, 0.29) is 52.7 Å². The second-order valence-electron chi connectivity index (χ2n) is 9.53. The van der Waals surface area contributed by atoms with E-state index < -0.39 is 12.3 Å². The highest BCUT2D eigenvalue weighted by atomic mass is 35.5. The lowest BCUT2D eigenvalue weighted by Gasteiger charge is -2.27. The number of aromatic nitrogens is 5. The number of hydrogen-bond acceptors (Lipinski definition) is 8. The molecule has 2 bridgehead atoms. The molecule has 2 fully saturated rings. The van der Waals surface area contributed by atoms with Crippen molar-refractivity contribution in [1.82, 2.24) is 34.6 Å². The molecule has 2 aliphatic rings. The van der Waals surface area contributed by atoms with Crippen LogP contribution in [0.5, 0.6) is 5.75 Å². The summed E-state index contributed by atoms with van der Waals surface area (Å²) in [6.45, 7) is 2.60. The third-order valence-corrected chi connectivity index (χ3v) is 7.05. The van der Waals surface area contributed by atoms with Crippen LogP contribution in [-0.2, 0) is 11.3 Å². The molecule has 39 heavy (non-hydrogen) atoms. The van der Waals surface area contributed by atoms with Crippen LogP contribution in [0.4, 0.5) is 15.9 Å². The Morgan fingerprint density at radius 2 is 2.21 bits per heavy atom. The Kier molecular flexibility index (Phi) is 6.31. The fourth-order valence-corrected chi connectivity index (χ4v) is 5.33. The summed E-state index contributed by atoms with van der Waals surface area (Å²) >= 11 is 6.27. The highest BCUT2D eigenvalue weighted by molar-refractivity contribution is 6.31. The average molecular weight is 554 g/mol. The molecule has 4 N–H and O–H groups in total. The minimum atomic E-state index is -1.62. The van der Waals surface area contributed by atoms with Crippen molar-refractivity contribution < 1.29 is 18.7 Å². The largest absolute Gasteiger partial charge is 0.460 e. The molecule has 2 amide bonds. The van der Waals surface area contributed by atoms with Gasteiger partial charge in [-0.25, -0.2) is 13.9 Å². The summed E-state index contributed by atoms with van der Waals surface area (Å²) in [6.07, 6.45) is 4.00. The molecule has 4 aromatic rings. The number of nitrogens with zero attached hydrogens (tertiary/aromatic N) is 6. The monoisotopic (exact) mass is 553 g/mol. The molecule has 1 aromatic carbocycles. The number of alkyl halides is 1. The maximum absolute atomic E-state index is 13.9. The van der Waals surface area contributed by atoms with Crippen LogP contribution in [-0.4, -0.2) is 72.6 Å². The molecule has 202 valence electrons. The van der Waals surface area contributed by atoms with Gasteiger partial charge in [-0.3, -0.25) is 14.3 Å². The molecule has 5 heterocycles. The smallest absolute Gasteiger partial charge is 0.263 e. The van der Waals surface area contributed by atoms with Crippen molar-refractivity contribution >= 4 is 40.6 Å². The summed E-state index contributed by atoms with van der Waals surface area (Å²) in [5, 5.41) is 15.3. The Morgan fingerprint density at radius 3 is 2.95 bits per heavy atom. The summed E-state index contributed by atoms with van der Waals surface area (Å²) in [6, 6.07) is 6.76. The van der Waals surface area contributed by atoms with Crippen LogP contribution in [0.2, 0.25) is 5.02 Å². The molecule has 14 heteroatoms. The van der Waals surface area contributed by atoms with Crippen LogP contribution in [0.15, 0.2) is 42.9 Å². The van der Waals surface area contributed by atoms with Gasteiger partial charge in [-0.05, 0) is 30.7 Å². The Balaban J connectivity index is 1.37. The van der Waals surface area contributed by atoms with Gasteiger partial charge in [0.1, 0.15) is 23.6 Å². The zero-order valence-electron chi connectivity index (χ0n) is 20.8. The fourth-order valence-electron chi connectivity index (χ4n) is 5.16. The van der Waals surface area contributed by atoms with Gasteiger partial charge in [0.2, 0.25) is 12.3 Å². The third-order valence-electron chi connectivity index (χ3n) is 6.82. The number of nitrogens with two attached hydrogens (primary N) is 1. The molecular formula is C25H25ClFN9O3. The first-order valence-corrected chi connectivity index (χ1v) is 12.8. The van der Waals surface area contributed by atoms with Gasteiger partial charge < -0.3 is 26.0 Å². The van der Waals surface area contributed by atoms with Crippen LogP contribution >= 0.6 is 11.6 Å². The number of benzene rings is 1. The molecule has 3 atom stereocenters. The molecule has 0 spiro atoms. The number of carbonyl (C=O) groups excluding carboxylic acids is 2. The normalized spacial score (nSPS) is 19.0. The number of fused-ring (bicyclic) bond motifs is 3. The van der Waals surface area contributed by atoms with E-state index in [4.69, 9.17) is 22.1 Å². The topological polar surface area (TPSA) is 145 Å². The minimum absolute atomic E-state index is 0.00829. The number of nitrogen functional groups attached to an aromatic ring is 1. The van der Waals surface area contributed by atoms with Crippen LogP contribution in [0.1, 0.15) is 23.7 Å². The molecule has 0 saturated carbocycles. The standard InChI is InChI=1S/C25H25ClFN9O3/c1-13(27)39-19-4-3-14(26)7-17(19)22-18(31-25(38)21-23(28)33-36-6-2-5-29-24(21)36)11-34(32-22)12-20(37)35-10-15-8-16(35)9-30-15/h2-7,11,13,15-16,30H,8-10,12H2,1H3,(H2,28,33)(H,31,38)/t13?,15-,16-/m1/s1. The number of rotatable bonds is 7. The molecular weight excluding hydrogens is 529 g/mol. The number of anilines is 2.